The van der Waals surface area contributed by atoms with Gasteiger partial charge in [0.15, 0.2) is 0 Å². The van der Waals surface area contributed by atoms with Gasteiger partial charge >= 0.3 is 0 Å². The van der Waals surface area contributed by atoms with E-state index in [4.69, 9.17) is 0 Å². The number of nitrogens with zero attached hydrogens (tertiary/aromatic N) is 2. The van der Waals surface area contributed by atoms with Gasteiger partial charge in [-0.25, -0.2) is 0 Å². The molecule has 0 amide bonds. The Morgan fingerprint density at radius 3 is 2.35 bits per heavy atom. The third-order valence-electron chi connectivity index (χ3n) is 3.57. The number of rotatable bonds is 3. The van der Waals surface area contributed by atoms with Crippen molar-refractivity contribution in [3.63, 3.8) is 0 Å². The highest BCUT2D eigenvalue weighted by atomic mass is 79.9. The number of nitro benzene ring substituents is 1. The summed E-state index contributed by atoms with van der Waals surface area (Å²) in [5.41, 5.74) is 4.26. The minimum absolute atomic E-state index is 0.176. The first kappa shape index (κ1) is 13.1. The molecular weight excluding hydrogens is 320 g/mol. The third kappa shape index (κ3) is 2.29. The number of halogens is 1. The van der Waals surface area contributed by atoms with Crippen molar-refractivity contribution < 1.29 is 4.92 Å². The van der Waals surface area contributed by atoms with Gasteiger partial charge < -0.3 is 4.90 Å². The second-order valence-electron chi connectivity index (χ2n) is 4.84. The number of nitro groups is 1. The van der Waals surface area contributed by atoms with E-state index in [1.807, 2.05) is 24.3 Å². The smallest absolute Gasteiger partial charge is 0.292 e. The molecule has 0 aromatic heterocycles. The minimum Gasteiger partial charge on any atom is -0.357 e. The van der Waals surface area contributed by atoms with Crippen LogP contribution in [0, 0.1) is 10.1 Å². The van der Waals surface area contributed by atoms with Gasteiger partial charge in [0.1, 0.15) is 5.69 Å². The zero-order valence-corrected chi connectivity index (χ0v) is 12.3. The molecule has 102 valence electrons. The van der Waals surface area contributed by atoms with Crippen molar-refractivity contribution in [3.8, 4) is 0 Å². The van der Waals surface area contributed by atoms with E-state index in [1.54, 1.807) is 6.07 Å². The zero-order chi connectivity index (χ0) is 14.1. The van der Waals surface area contributed by atoms with E-state index in [2.05, 4.69) is 33.0 Å². The molecule has 1 aliphatic heterocycles. The summed E-state index contributed by atoms with van der Waals surface area (Å²) in [6.07, 6.45) is 0. The average Bonchev–Trinajstić information content (AvgIpc) is 2.90. The van der Waals surface area contributed by atoms with Gasteiger partial charge in [0.25, 0.3) is 5.69 Å². The molecule has 2 aromatic rings. The molecule has 4 nitrogen and oxygen atoms in total. The SMILES string of the molecule is O=[N+]([O-])c1cc(CBr)ccc1N1Cc2ccccc2C1. The lowest BCUT2D eigenvalue weighted by molar-refractivity contribution is -0.384. The summed E-state index contributed by atoms with van der Waals surface area (Å²) in [4.78, 5) is 13.0. The van der Waals surface area contributed by atoms with Crippen molar-refractivity contribution >= 4 is 27.3 Å². The molecule has 20 heavy (non-hydrogen) atoms. The van der Waals surface area contributed by atoms with E-state index in [-0.39, 0.29) is 10.6 Å². The topological polar surface area (TPSA) is 46.4 Å². The van der Waals surface area contributed by atoms with Gasteiger partial charge in [-0.2, -0.15) is 0 Å². The predicted octanol–water partition coefficient (Wildman–Crippen LogP) is 4.01. The lowest BCUT2D eigenvalue weighted by Gasteiger charge is -2.18. The van der Waals surface area contributed by atoms with Crippen molar-refractivity contribution in [2.45, 2.75) is 18.4 Å². The van der Waals surface area contributed by atoms with E-state index >= 15 is 0 Å². The molecule has 0 aliphatic carbocycles. The summed E-state index contributed by atoms with van der Waals surface area (Å²) in [5.74, 6) is 0. The van der Waals surface area contributed by atoms with Gasteiger partial charge in [-0.15, -0.1) is 0 Å². The molecular formula is C15H13BrN2O2. The lowest BCUT2D eigenvalue weighted by Crippen LogP contribution is -2.16. The van der Waals surface area contributed by atoms with E-state index in [1.165, 1.54) is 11.1 Å². The Morgan fingerprint density at radius 2 is 1.80 bits per heavy atom. The van der Waals surface area contributed by atoms with Crippen LogP contribution >= 0.6 is 15.9 Å². The van der Waals surface area contributed by atoms with Crippen LogP contribution in [0.5, 0.6) is 0 Å². The fourth-order valence-corrected chi connectivity index (χ4v) is 2.92. The normalized spacial score (nSPS) is 13.3. The van der Waals surface area contributed by atoms with Crippen molar-refractivity contribution in [1.82, 2.24) is 0 Å². The number of fused-ring (bicyclic) bond motifs is 1. The lowest BCUT2D eigenvalue weighted by atomic mass is 10.1. The Balaban J connectivity index is 1.98. The van der Waals surface area contributed by atoms with E-state index < -0.39 is 0 Å². The molecule has 0 atom stereocenters. The molecule has 0 unspecified atom stereocenters. The third-order valence-corrected chi connectivity index (χ3v) is 4.22. The van der Waals surface area contributed by atoms with Crippen LogP contribution in [-0.2, 0) is 18.4 Å². The number of anilines is 1. The Hall–Kier alpha value is -1.88. The number of alkyl halides is 1. The molecule has 1 aliphatic rings. The molecule has 0 saturated heterocycles. The fourth-order valence-electron chi connectivity index (χ4n) is 2.57. The number of benzene rings is 2. The maximum atomic E-state index is 11.3. The zero-order valence-electron chi connectivity index (χ0n) is 10.8. The van der Waals surface area contributed by atoms with Gasteiger partial charge in [-0.05, 0) is 22.8 Å². The van der Waals surface area contributed by atoms with Crippen LogP contribution in [0.3, 0.4) is 0 Å². The van der Waals surface area contributed by atoms with Gasteiger partial charge in [-0.1, -0.05) is 46.3 Å². The molecule has 0 fully saturated rings. The van der Waals surface area contributed by atoms with Crippen molar-refractivity contribution in [1.29, 1.82) is 0 Å². The summed E-state index contributed by atoms with van der Waals surface area (Å²) >= 11 is 3.34. The maximum absolute atomic E-state index is 11.3. The molecule has 1 heterocycles. The minimum atomic E-state index is -0.301. The first-order valence-electron chi connectivity index (χ1n) is 6.34. The van der Waals surface area contributed by atoms with Gasteiger partial charge in [0, 0.05) is 24.5 Å². The first-order valence-corrected chi connectivity index (χ1v) is 7.46. The number of hydrogen-bond acceptors (Lipinski definition) is 3. The number of hydrogen-bond donors (Lipinski definition) is 0. The standard InChI is InChI=1S/C15H13BrN2O2/c16-8-11-5-6-14(15(7-11)18(19)20)17-9-12-3-1-2-4-13(12)10-17/h1-7H,8-10H2. The second kappa shape index (κ2) is 5.25. The Morgan fingerprint density at radius 1 is 1.15 bits per heavy atom. The van der Waals surface area contributed by atoms with E-state index in [9.17, 15) is 10.1 Å². The van der Waals surface area contributed by atoms with Crippen LogP contribution in [0.1, 0.15) is 16.7 Å². The monoisotopic (exact) mass is 332 g/mol. The van der Waals surface area contributed by atoms with Crippen molar-refractivity contribution in [3.05, 3.63) is 69.3 Å². The molecule has 0 radical (unpaired) electrons. The van der Waals surface area contributed by atoms with Gasteiger partial charge in [-0.3, -0.25) is 10.1 Å². The molecule has 0 spiro atoms. The van der Waals surface area contributed by atoms with Crippen LogP contribution in [0.15, 0.2) is 42.5 Å². The molecule has 0 N–H and O–H groups in total. The Bertz CT molecular complexity index is 648. The van der Waals surface area contributed by atoms with Crippen LogP contribution in [0.4, 0.5) is 11.4 Å². The van der Waals surface area contributed by atoms with Crippen molar-refractivity contribution in [2.24, 2.45) is 0 Å². The highest BCUT2D eigenvalue weighted by molar-refractivity contribution is 9.08. The van der Waals surface area contributed by atoms with Gasteiger partial charge in [0.2, 0.25) is 0 Å². The first-order chi connectivity index (χ1) is 9.69. The predicted molar refractivity (Wildman–Crippen MR) is 82.1 cm³/mol. The van der Waals surface area contributed by atoms with Crippen molar-refractivity contribution in [2.75, 3.05) is 4.90 Å². The van der Waals surface area contributed by atoms with E-state index in [0.29, 0.717) is 11.0 Å². The summed E-state index contributed by atoms with van der Waals surface area (Å²) in [6.45, 7) is 1.45. The maximum Gasteiger partial charge on any atom is 0.292 e. The fraction of sp³-hybridized carbons (Fsp3) is 0.200. The summed E-state index contributed by atoms with van der Waals surface area (Å²) in [6, 6.07) is 13.6. The Labute approximate surface area is 125 Å². The molecule has 0 saturated carbocycles. The summed E-state index contributed by atoms with van der Waals surface area (Å²) in [5, 5.41) is 11.9. The molecule has 3 rings (SSSR count). The Kier molecular flexibility index (Phi) is 3.44. The largest absolute Gasteiger partial charge is 0.357 e. The highest BCUT2D eigenvalue weighted by Crippen LogP contribution is 2.35. The van der Waals surface area contributed by atoms with Crippen LogP contribution < -0.4 is 4.90 Å². The van der Waals surface area contributed by atoms with Crippen LogP contribution in [0.25, 0.3) is 0 Å². The van der Waals surface area contributed by atoms with Gasteiger partial charge in [0.05, 0.1) is 4.92 Å². The molecule has 0 bridgehead atoms. The molecule has 5 heteroatoms. The van der Waals surface area contributed by atoms with Crippen LogP contribution in [-0.4, -0.2) is 4.92 Å². The second-order valence-corrected chi connectivity index (χ2v) is 5.40. The highest BCUT2D eigenvalue weighted by Gasteiger charge is 2.25. The van der Waals surface area contributed by atoms with E-state index in [0.717, 1.165) is 18.7 Å². The summed E-state index contributed by atoms with van der Waals surface area (Å²) < 4.78 is 0. The average molecular weight is 333 g/mol. The molecule has 2 aromatic carbocycles. The van der Waals surface area contributed by atoms with Crippen LogP contribution in [0.2, 0.25) is 0 Å². The quantitative estimate of drug-likeness (QED) is 0.484. The summed E-state index contributed by atoms with van der Waals surface area (Å²) in [7, 11) is 0.